The first-order valence-electron chi connectivity index (χ1n) is 4.72. The van der Waals surface area contributed by atoms with E-state index in [1.54, 1.807) is 6.92 Å². The number of hydrogen-bond acceptors (Lipinski definition) is 2. The van der Waals surface area contributed by atoms with Gasteiger partial charge in [-0.05, 0) is 12.3 Å². The van der Waals surface area contributed by atoms with Crippen molar-refractivity contribution in [1.29, 1.82) is 0 Å². The van der Waals surface area contributed by atoms with Crippen LogP contribution in [-0.4, -0.2) is 19.9 Å². The highest BCUT2D eigenvalue weighted by atomic mass is 32.2. The summed E-state index contributed by atoms with van der Waals surface area (Å²) in [5.74, 6) is 0.974. The van der Waals surface area contributed by atoms with Crippen LogP contribution in [-0.2, 0) is 9.84 Å². The van der Waals surface area contributed by atoms with E-state index in [9.17, 15) is 8.42 Å². The first-order chi connectivity index (χ1) is 5.52. The summed E-state index contributed by atoms with van der Waals surface area (Å²) in [6.45, 7) is 5.85. The fraction of sp³-hybridized carbons (Fsp3) is 1.00. The van der Waals surface area contributed by atoms with E-state index in [0.29, 0.717) is 11.7 Å². The molecule has 0 spiro atoms. The van der Waals surface area contributed by atoms with Gasteiger partial charge < -0.3 is 0 Å². The van der Waals surface area contributed by atoms with Crippen LogP contribution < -0.4 is 0 Å². The van der Waals surface area contributed by atoms with Crippen molar-refractivity contribution in [3.05, 3.63) is 0 Å². The molecule has 0 aromatic rings. The van der Waals surface area contributed by atoms with Crippen molar-refractivity contribution in [2.24, 2.45) is 5.92 Å². The Labute approximate surface area is 76.3 Å². The molecular weight excluding hydrogens is 172 g/mol. The van der Waals surface area contributed by atoms with Gasteiger partial charge in [0, 0.05) is 5.75 Å². The summed E-state index contributed by atoms with van der Waals surface area (Å²) in [5, 5.41) is 0. The summed E-state index contributed by atoms with van der Waals surface area (Å²) in [6.07, 6.45) is 3.33. The smallest absolute Gasteiger partial charge is 0.150 e. The fourth-order valence-corrected chi connectivity index (χ4v) is 2.46. The molecule has 3 heteroatoms. The molecule has 0 aromatic heterocycles. The van der Waals surface area contributed by atoms with Gasteiger partial charge in [0.2, 0.25) is 0 Å². The Kier molecular flexibility index (Phi) is 5.55. The molecule has 0 N–H and O–H groups in total. The van der Waals surface area contributed by atoms with Crippen molar-refractivity contribution < 1.29 is 8.42 Å². The van der Waals surface area contributed by atoms with Crippen LogP contribution in [0.1, 0.15) is 40.0 Å². The number of sulfone groups is 1. The second-order valence-corrected chi connectivity index (χ2v) is 5.84. The molecule has 0 heterocycles. The highest BCUT2D eigenvalue weighted by Crippen LogP contribution is 2.10. The largest absolute Gasteiger partial charge is 0.229 e. The second-order valence-electron chi connectivity index (χ2n) is 3.45. The summed E-state index contributed by atoms with van der Waals surface area (Å²) >= 11 is 0. The van der Waals surface area contributed by atoms with E-state index in [4.69, 9.17) is 0 Å². The van der Waals surface area contributed by atoms with Crippen LogP contribution in [0.25, 0.3) is 0 Å². The normalized spacial score (nSPS) is 14.6. The molecular formula is C9H20O2S. The molecule has 0 rings (SSSR count). The molecule has 0 radical (unpaired) electrons. The SMILES string of the molecule is CCCCC(C)CS(=O)(=O)CC. The van der Waals surface area contributed by atoms with E-state index in [1.807, 2.05) is 6.92 Å². The lowest BCUT2D eigenvalue weighted by Crippen LogP contribution is -2.15. The molecule has 1 unspecified atom stereocenters. The molecule has 0 aliphatic rings. The predicted molar refractivity (Wildman–Crippen MR) is 53.0 cm³/mol. The molecule has 0 fully saturated rings. The molecule has 0 aliphatic heterocycles. The van der Waals surface area contributed by atoms with Gasteiger partial charge in [-0.2, -0.15) is 0 Å². The molecule has 0 saturated carbocycles. The van der Waals surface area contributed by atoms with E-state index < -0.39 is 9.84 Å². The third kappa shape index (κ3) is 5.58. The summed E-state index contributed by atoms with van der Waals surface area (Å²) in [4.78, 5) is 0. The molecule has 2 nitrogen and oxygen atoms in total. The Hall–Kier alpha value is -0.0500. The van der Waals surface area contributed by atoms with E-state index in [-0.39, 0.29) is 5.75 Å². The summed E-state index contributed by atoms with van der Waals surface area (Å²) < 4.78 is 22.3. The van der Waals surface area contributed by atoms with Crippen LogP contribution in [0.2, 0.25) is 0 Å². The maximum atomic E-state index is 11.2. The lowest BCUT2D eigenvalue weighted by atomic mass is 10.1. The Bertz CT molecular complexity index is 195. The van der Waals surface area contributed by atoms with Gasteiger partial charge >= 0.3 is 0 Å². The minimum Gasteiger partial charge on any atom is -0.229 e. The maximum absolute atomic E-state index is 11.2. The average Bonchev–Trinajstić information content (AvgIpc) is 2.00. The van der Waals surface area contributed by atoms with Crippen molar-refractivity contribution in [3.63, 3.8) is 0 Å². The lowest BCUT2D eigenvalue weighted by molar-refractivity contribution is 0.531. The zero-order chi connectivity index (χ0) is 9.61. The van der Waals surface area contributed by atoms with Gasteiger partial charge in [0.15, 0.2) is 0 Å². The quantitative estimate of drug-likeness (QED) is 0.647. The van der Waals surface area contributed by atoms with E-state index in [2.05, 4.69) is 6.92 Å². The number of hydrogen-bond donors (Lipinski definition) is 0. The predicted octanol–water partition coefficient (Wildman–Crippen LogP) is 2.25. The first kappa shape index (κ1) is 11.9. The van der Waals surface area contributed by atoms with Gasteiger partial charge in [-0.3, -0.25) is 0 Å². The van der Waals surface area contributed by atoms with Crippen LogP contribution in [0.3, 0.4) is 0 Å². The molecule has 0 amide bonds. The summed E-state index contributed by atoms with van der Waals surface area (Å²) in [5.41, 5.74) is 0. The van der Waals surface area contributed by atoms with Crippen molar-refractivity contribution in [2.75, 3.05) is 11.5 Å². The van der Waals surface area contributed by atoms with E-state index in [1.165, 1.54) is 0 Å². The van der Waals surface area contributed by atoms with Gasteiger partial charge in [0.05, 0.1) is 5.75 Å². The van der Waals surface area contributed by atoms with Crippen molar-refractivity contribution in [3.8, 4) is 0 Å². The van der Waals surface area contributed by atoms with Crippen molar-refractivity contribution in [2.45, 2.75) is 40.0 Å². The van der Waals surface area contributed by atoms with E-state index in [0.717, 1.165) is 19.3 Å². The molecule has 12 heavy (non-hydrogen) atoms. The third-order valence-electron chi connectivity index (χ3n) is 2.03. The molecule has 0 aromatic carbocycles. The summed E-state index contributed by atoms with van der Waals surface area (Å²) in [7, 11) is -2.75. The zero-order valence-electron chi connectivity index (χ0n) is 8.34. The van der Waals surface area contributed by atoms with Gasteiger partial charge in [-0.1, -0.05) is 33.6 Å². The van der Waals surface area contributed by atoms with Crippen LogP contribution in [0.4, 0.5) is 0 Å². The van der Waals surface area contributed by atoms with Crippen molar-refractivity contribution in [1.82, 2.24) is 0 Å². The van der Waals surface area contributed by atoms with Gasteiger partial charge in [0.25, 0.3) is 0 Å². The Morgan fingerprint density at radius 1 is 1.25 bits per heavy atom. The number of rotatable bonds is 6. The molecule has 0 saturated heterocycles. The highest BCUT2D eigenvalue weighted by molar-refractivity contribution is 7.91. The topological polar surface area (TPSA) is 34.1 Å². The first-order valence-corrected chi connectivity index (χ1v) is 6.54. The standard InChI is InChI=1S/C9H20O2S/c1-4-6-7-9(3)8-12(10,11)5-2/h9H,4-8H2,1-3H3. The van der Waals surface area contributed by atoms with Crippen LogP contribution in [0.15, 0.2) is 0 Å². The van der Waals surface area contributed by atoms with Crippen LogP contribution in [0.5, 0.6) is 0 Å². The molecule has 74 valence electrons. The second kappa shape index (κ2) is 5.57. The minimum atomic E-state index is -2.75. The van der Waals surface area contributed by atoms with Gasteiger partial charge in [-0.15, -0.1) is 0 Å². The number of unbranched alkanes of at least 4 members (excludes halogenated alkanes) is 1. The summed E-state index contributed by atoms with van der Waals surface area (Å²) in [6, 6.07) is 0. The van der Waals surface area contributed by atoms with Crippen molar-refractivity contribution >= 4 is 9.84 Å². The zero-order valence-corrected chi connectivity index (χ0v) is 9.15. The molecule has 0 bridgehead atoms. The maximum Gasteiger partial charge on any atom is 0.150 e. The highest BCUT2D eigenvalue weighted by Gasteiger charge is 2.12. The van der Waals surface area contributed by atoms with Crippen LogP contribution >= 0.6 is 0 Å². The molecule has 1 atom stereocenters. The van der Waals surface area contributed by atoms with E-state index >= 15 is 0 Å². The Morgan fingerprint density at radius 2 is 1.83 bits per heavy atom. The monoisotopic (exact) mass is 192 g/mol. The van der Waals surface area contributed by atoms with Gasteiger partial charge in [-0.25, -0.2) is 8.42 Å². The Morgan fingerprint density at radius 3 is 2.25 bits per heavy atom. The minimum absolute atomic E-state index is 0.281. The third-order valence-corrected chi connectivity index (χ3v) is 3.99. The van der Waals surface area contributed by atoms with Gasteiger partial charge in [0.1, 0.15) is 9.84 Å². The lowest BCUT2D eigenvalue weighted by Gasteiger charge is -2.09. The average molecular weight is 192 g/mol. The van der Waals surface area contributed by atoms with Crippen LogP contribution in [0, 0.1) is 5.92 Å². The molecule has 0 aliphatic carbocycles. The Balaban J connectivity index is 3.76. The fourth-order valence-electron chi connectivity index (χ4n) is 1.19.